The van der Waals surface area contributed by atoms with Crippen molar-refractivity contribution in [3.05, 3.63) is 60.8 Å². The number of aliphatic hydroxyl groups is 2. The number of ether oxygens (including phenoxy) is 1. The Bertz CT molecular complexity index is 1170. The first-order valence-electron chi connectivity index (χ1n) is 28.5. The van der Waals surface area contributed by atoms with E-state index in [9.17, 15) is 19.8 Å². The lowest BCUT2D eigenvalue weighted by Crippen LogP contribution is -2.46. The first-order valence-corrected chi connectivity index (χ1v) is 28.5. The molecule has 6 heteroatoms. The number of aliphatic hydroxyl groups excluding tert-OH is 2. The highest BCUT2D eigenvalue weighted by Crippen LogP contribution is 2.18. The Morgan fingerprint density at radius 3 is 1.21 bits per heavy atom. The number of hydrogen-bond donors (Lipinski definition) is 3. The number of carbonyl (C=O) groups excluding carboxylic acids is 2. The summed E-state index contributed by atoms with van der Waals surface area (Å²) in [5.41, 5.74) is 0. The van der Waals surface area contributed by atoms with Crippen LogP contribution in [0.1, 0.15) is 284 Å². The van der Waals surface area contributed by atoms with Crippen molar-refractivity contribution in [2.24, 2.45) is 0 Å². The van der Waals surface area contributed by atoms with Gasteiger partial charge >= 0.3 is 5.97 Å². The number of carbonyl (C=O) groups is 2. The highest BCUT2D eigenvalue weighted by atomic mass is 16.5. The second-order valence-electron chi connectivity index (χ2n) is 19.3. The molecule has 0 aromatic heterocycles. The lowest BCUT2D eigenvalue weighted by atomic mass is 10.0. The van der Waals surface area contributed by atoms with Crippen LogP contribution in [0.25, 0.3) is 0 Å². The minimum absolute atomic E-state index is 0.0401. The van der Waals surface area contributed by atoms with Crippen molar-refractivity contribution in [2.45, 2.75) is 302 Å². The Kier molecular flexibility index (Phi) is 51.5. The lowest BCUT2D eigenvalue weighted by molar-refractivity contribution is -0.151. The molecular weight excluding hydrogens is 815 g/mol. The molecule has 0 saturated carbocycles. The molecule has 0 saturated heterocycles. The van der Waals surface area contributed by atoms with Crippen molar-refractivity contribution < 1.29 is 24.5 Å². The second-order valence-corrected chi connectivity index (χ2v) is 19.3. The highest BCUT2D eigenvalue weighted by Gasteiger charge is 2.24. The fraction of sp³-hybridized carbons (Fsp3) is 0.800. The summed E-state index contributed by atoms with van der Waals surface area (Å²) < 4.78 is 5.93. The molecule has 6 nitrogen and oxygen atoms in total. The zero-order valence-corrected chi connectivity index (χ0v) is 43.8. The van der Waals surface area contributed by atoms with Crippen molar-refractivity contribution in [1.82, 2.24) is 5.32 Å². The largest absolute Gasteiger partial charge is 0.462 e. The minimum atomic E-state index is -0.803. The van der Waals surface area contributed by atoms with Gasteiger partial charge in [-0.05, 0) is 64.2 Å². The Morgan fingerprint density at radius 2 is 0.818 bits per heavy atom. The summed E-state index contributed by atoms with van der Waals surface area (Å²) in [4.78, 5) is 26.3. The molecule has 0 aromatic rings. The Hall–Kier alpha value is -2.44. The summed E-state index contributed by atoms with van der Waals surface area (Å²) in [5, 5.41) is 23.8. The van der Waals surface area contributed by atoms with Crippen molar-refractivity contribution in [1.29, 1.82) is 0 Å². The maximum Gasteiger partial charge on any atom is 0.306 e. The number of hydrogen-bond acceptors (Lipinski definition) is 5. The minimum Gasteiger partial charge on any atom is -0.462 e. The van der Waals surface area contributed by atoms with Gasteiger partial charge < -0.3 is 20.3 Å². The molecule has 1 amide bonds. The molecule has 0 aliphatic carbocycles. The summed E-state index contributed by atoms with van der Waals surface area (Å²) in [6, 6.07) is -0.720. The molecule has 0 bridgehead atoms. The van der Waals surface area contributed by atoms with Crippen LogP contribution in [0.4, 0.5) is 0 Å². The van der Waals surface area contributed by atoms with Crippen LogP contribution in [0.2, 0.25) is 0 Å². The van der Waals surface area contributed by atoms with Crippen LogP contribution in [-0.2, 0) is 14.3 Å². The zero-order valence-electron chi connectivity index (χ0n) is 43.8. The molecule has 0 aromatic carbocycles. The standard InChI is InChI=1S/C60H109NO5/c1-4-7-10-13-16-19-22-25-28-30-31-33-36-39-42-45-48-51-56(66-60(65)53-50-47-44-41-38-35-32-29-26-23-20-17-14-11-8-5-2)54-59(64)61-57(55-62)58(63)52-49-46-43-40-37-34-27-24-21-18-15-12-9-6-3/h7,10,16,19,25,28,31,33,39,42,56-58,62-63H,4-6,8-9,11-15,17-18,20-24,26-27,29-30,32,34-38,40-41,43-55H2,1-3H3,(H,61,64)/b10-7-,19-16-,28-25-,33-31-,42-39-. The van der Waals surface area contributed by atoms with Crippen LogP contribution in [-0.4, -0.2) is 46.9 Å². The van der Waals surface area contributed by atoms with E-state index in [-0.39, 0.29) is 24.9 Å². The first-order chi connectivity index (χ1) is 32.5. The molecule has 0 spiro atoms. The van der Waals surface area contributed by atoms with Crippen LogP contribution in [0.3, 0.4) is 0 Å². The molecule has 0 aliphatic rings. The van der Waals surface area contributed by atoms with Gasteiger partial charge in [-0.3, -0.25) is 9.59 Å². The summed E-state index contributed by atoms with van der Waals surface area (Å²) in [7, 11) is 0. The maximum atomic E-state index is 13.3. The first kappa shape index (κ1) is 63.6. The molecule has 0 fully saturated rings. The number of esters is 1. The molecule has 66 heavy (non-hydrogen) atoms. The maximum absolute atomic E-state index is 13.3. The average Bonchev–Trinajstić information content (AvgIpc) is 3.31. The van der Waals surface area contributed by atoms with Gasteiger partial charge in [0.1, 0.15) is 6.10 Å². The number of rotatable bonds is 51. The lowest BCUT2D eigenvalue weighted by Gasteiger charge is -2.24. The molecule has 3 atom stereocenters. The van der Waals surface area contributed by atoms with E-state index in [0.29, 0.717) is 19.3 Å². The molecule has 0 aliphatic heterocycles. The summed E-state index contributed by atoms with van der Waals surface area (Å²) in [6.45, 7) is 6.38. The molecule has 0 heterocycles. The number of nitrogens with one attached hydrogen (secondary N) is 1. The monoisotopic (exact) mass is 924 g/mol. The Balaban J connectivity index is 4.65. The van der Waals surface area contributed by atoms with Gasteiger partial charge in [-0.25, -0.2) is 0 Å². The predicted octanol–water partition coefficient (Wildman–Crippen LogP) is 17.6. The van der Waals surface area contributed by atoms with E-state index in [4.69, 9.17) is 4.74 Å². The molecule has 3 unspecified atom stereocenters. The van der Waals surface area contributed by atoms with Crippen LogP contribution in [0, 0.1) is 0 Å². The number of allylic oxidation sites excluding steroid dienone is 10. The molecule has 0 radical (unpaired) electrons. The van der Waals surface area contributed by atoms with Gasteiger partial charge in [0, 0.05) is 6.42 Å². The van der Waals surface area contributed by atoms with E-state index in [1.165, 1.54) is 154 Å². The third-order valence-corrected chi connectivity index (χ3v) is 12.9. The van der Waals surface area contributed by atoms with Gasteiger partial charge in [0.25, 0.3) is 0 Å². The molecule has 384 valence electrons. The number of amides is 1. The van der Waals surface area contributed by atoms with Crippen LogP contribution in [0.15, 0.2) is 60.8 Å². The van der Waals surface area contributed by atoms with Gasteiger partial charge in [-0.2, -0.15) is 0 Å². The van der Waals surface area contributed by atoms with Gasteiger partial charge in [0.15, 0.2) is 0 Å². The van der Waals surface area contributed by atoms with Crippen molar-refractivity contribution in [3.8, 4) is 0 Å². The van der Waals surface area contributed by atoms with Crippen LogP contribution in [0.5, 0.6) is 0 Å². The average molecular weight is 925 g/mol. The highest BCUT2D eigenvalue weighted by molar-refractivity contribution is 5.77. The van der Waals surface area contributed by atoms with E-state index in [1.807, 2.05) is 0 Å². The molecule has 0 rings (SSSR count). The van der Waals surface area contributed by atoms with E-state index in [1.54, 1.807) is 0 Å². The van der Waals surface area contributed by atoms with Crippen LogP contribution < -0.4 is 5.32 Å². The summed E-state index contributed by atoms with van der Waals surface area (Å²) in [5.74, 6) is -0.520. The summed E-state index contributed by atoms with van der Waals surface area (Å²) >= 11 is 0. The topological polar surface area (TPSA) is 95.9 Å². The van der Waals surface area contributed by atoms with E-state index < -0.39 is 18.2 Å². The van der Waals surface area contributed by atoms with E-state index in [0.717, 1.165) is 83.5 Å². The van der Waals surface area contributed by atoms with Gasteiger partial charge in [-0.1, -0.05) is 268 Å². The molecular formula is C60H109NO5. The molecule has 3 N–H and O–H groups in total. The third-order valence-electron chi connectivity index (χ3n) is 12.9. The van der Waals surface area contributed by atoms with Crippen molar-refractivity contribution in [2.75, 3.05) is 6.61 Å². The van der Waals surface area contributed by atoms with Gasteiger partial charge in [0.05, 0.1) is 25.2 Å². The number of unbranched alkanes of at least 4 members (excludes halogenated alkanes) is 29. The predicted molar refractivity (Wildman–Crippen MR) is 287 cm³/mol. The fourth-order valence-electron chi connectivity index (χ4n) is 8.58. The smallest absolute Gasteiger partial charge is 0.306 e. The summed E-state index contributed by atoms with van der Waals surface area (Å²) in [6.07, 6.45) is 67.2. The fourth-order valence-corrected chi connectivity index (χ4v) is 8.58. The Labute approximate surface area is 409 Å². The second kappa shape index (κ2) is 53.5. The zero-order chi connectivity index (χ0) is 48.1. The van der Waals surface area contributed by atoms with Gasteiger partial charge in [-0.15, -0.1) is 0 Å². The SMILES string of the molecule is CC/C=C\C/C=C\C/C=C\C/C=C\C/C=C\CCCC(CC(=O)NC(CO)C(O)CCCCCCCCCCCCCCCC)OC(=O)CCCCCCCCCCCCCCCCCC. The Morgan fingerprint density at radius 1 is 0.455 bits per heavy atom. The van der Waals surface area contributed by atoms with E-state index >= 15 is 0 Å². The van der Waals surface area contributed by atoms with E-state index in [2.05, 4.69) is 86.8 Å². The normalized spacial score (nSPS) is 13.6. The van der Waals surface area contributed by atoms with Gasteiger partial charge in [0.2, 0.25) is 5.91 Å². The van der Waals surface area contributed by atoms with Crippen molar-refractivity contribution >= 4 is 11.9 Å². The third kappa shape index (κ3) is 48.0. The quantitative estimate of drug-likeness (QED) is 0.0321. The van der Waals surface area contributed by atoms with Crippen molar-refractivity contribution in [3.63, 3.8) is 0 Å². The van der Waals surface area contributed by atoms with Crippen LogP contribution >= 0.6 is 0 Å².